The Bertz CT molecular complexity index is 84.1. The van der Waals surface area contributed by atoms with Crippen molar-refractivity contribution >= 4 is 17.6 Å². The van der Waals surface area contributed by atoms with E-state index in [1.54, 1.807) is 0 Å². The van der Waals surface area contributed by atoms with E-state index in [1.807, 2.05) is 0 Å². The number of ether oxygens (including phenoxy) is 1. The molecule has 0 radical (unpaired) electrons. The van der Waals surface area contributed by atoms with Gasteiger partial charge in [0.2, 0.25) is 0 Å². The molecule has 0 aliphatic rings. The molecule has 0 saturated carbocycles. The second-order valence-corrected chi connectivity index (χ2v) is 1.58. The van der Waals surface area contributed by atoms with E-state index in [1.165, 1.54) is 6.92 Å². The summed E-state index contributed by atoms with van der Waals surface area (Å²) in [6.07, 6.45) is 0. The topological polar surface area (TPSA) is 52.3 Å². The number of esters is 1. The van der Waals surface area contributed by atoms with Gasteiger partial charge >= 0.3 is 5.97 Å². The first kappa shape index (κ1) is 7.72. The molecular formula is C4H8ClNO2. The van der Waals surface area contributed by atoms with Gasteiger partial charge in [-0.05, 0) is 6.92 Å². The van der Waals surface area contributed by atoms with Crippen molar-refractivity contribution in [2.45, 2.75) is 13.0 Å². The van der Waals surface area contributed by atoms with E-state index in [0.29, 0.717) is 0 Å². The van der Waals surface area contributed by atoms with E-state index >= 15 is 0 Å². The highest BCUT2D eigenvalue weighted by Gasteiger charge is 2.05. The standard InChI is InChI=1S/C4H8ClNO2/c1-3(6)4(7)8-2-5/h3H,2,6H2,1H3/t3-/m1/s1. The first-order chi connectivity index (χ1) is 3.68. The molecule has 1 atom stereocenters. The van der Waals surface area contributed by atoms with Crippen LogP contribution < -0.4 is 5.73 Å². The number of halogens is 1. The molecule has 0 spiro atoms. The molecule has 0 aromatic heterocycles. The zero-order valence-corrected chi connectivity index (χ0v) is 5.31. The number of hydrogen-bond donors (Lipinski definition) is 1. The molecule has 4 heteroatoms. The van der Waals surface area contributed by atoms with E-state index < -0.39 is 12.0 Å². The van der Waals surface area contributed by atoms with Gasteiger partial charge in [0.05, 0.1) is 0 Å². The Morgan fingerprint density at radius 3 is 2.62 bits per heavy atom. The predicted molar refractivity (Wildman–Crippen MR) is 30.5 cm³/mol. The highest BCUT2D eigenvalue weighted by Crippen LogP contribution is 1.84. The molecule has 48 valence electrons. The number of rotatable bonds is 2. The number of hydrogen-bond acceptors (Lipinski definition) is 3. The van der Waals surface area contributed by atoms with Gasteiger partial charge in [0.25, 0.3) is 0 Å². The van der Waals surface area contributed by atoms with E-state index in [2.05, 4.69) is 4.74 Å². The average molecular weight is 138 g/mol. The summed E-state index contributed by atoms with van der Waals surface area (Å²) in [7, 11) is 0. The van der Waals surface area contributed by atoms with E-state index in [9.17, 15) is 4.79 Å². The van der Waals surface area contributed by atoms with Gasteiger partial charge in [-0.3, -0.25) is 4.79 Å². The van der Waals surface area contributed by atoms with Gasteiger partial charge < -0.3 is 10.5 Å². The fourth-order valence-corrected chi connectivity index (χ4v) is 0.293. The fraction of sp³-hybridized carbons (Fsp3) is 0.750. The van der Waals surface area contributed by atoms with Gasteiger partial charge in [-0.1, -0.05) is 11.6 Å². The Morgan fingerprint density at radius 1 is 2.00 bits per heavy atom. The summed E-state index contributed by atoms with van der Waals surface area (Å²) in [5, 5.41) is 0. The Kier molecular flexibility index (Phi) is 3.56. The van der Waals surface area contributed by atoms with Crippen LogP contribution in [-0.4, -0.2) is 18.1 Å². The Morgan fingerprint density at radius 2 is 2.50 bits per heavy atom. The maximum Gasteiger partial charge on any atom is 0.323 e. The Labute approximate surface area is 52.8 Å². The Hall–Kier alpha value is -0.280. The third kappa shape index (κ3) is 2.82. The highest BCUT2D eigenvalue weighted by molar-refractivity contribution is 6.17. The molecule has 0 aliphatic heterocycles. The largest absolute Gasteiger partial charge is 0.448 e. The average Bonchev–Trinajstić information content (AvgIpc) is 1.67. The van der Waals surface area contributed by atoms with Crippen LogP contribution in [0, 0.1) is 0 Å². The van der Waals surface area contributed by atoms with Gasteiger partial charge in [-0.25, -0.2) is 0 Å². The van der Waals surface area contributed by atoms with Crippen molar-refractivity contribution in [1.29, 1.82) is 0 Å². The summed E-state index contributed by atoms with van der Waals surface area (Å²) in [5.41, 5.74) is 5.09. The van der Waals surface area contributed by atoms with Crippen LogP contribution in [0.15, 0.2) is 0 Å². The molecule has 0 aromatic rings. The second kappa shape index (κ2) is 3.69. The lowest BCUT2D eigenvalue weighted by Gasteiger charge is -2.01. The maximum absolute atomic E-state index is 10.3. The van der Waals surface area contributed by atoms with Crippen LogP contribution >= 0.6 is 11.6 Å². The van der Waals surface area contributed by atoms with Crippen LogP contribution in [0.5, 0.6) is 0 Å². The minimum Gasteiger partial charge on any atom is -0.448 e. The van der Waals surface area contributed by atoms with Crippen LogP contribution in [0.3, 0.4) is 0 Å². The lowest BCUT2D eigenvalue weighted by molar-refractivity contribution is -0.142. The zero-order chi connectivity index (χ0) is 6.57. The normalized spacial score (nSPS) is 12.9. The molecule has 0 bridgehead atoms. The molecule has 0 rings (SSSR count). The van der Waals surface area contributed by atoms with Gasteiger partial charge in [0, 0.05) is 0 Å². The Balaban J connectivity index is 3.33. The lowest BCUT2D eigenvalue weighted by Crippen LogP contribution is -2.28. The first-order valence-electron chi connectivity index (χ1n) is 2.16. The third-order valence-corrected chi connectivity index (χ3v) is 0.678. The van der Waals surface area contributed by atoms with Crippen molar-refractivity contribution < 1.29 is 9.53 Å². The van der Waals surface area contributed by atoms with E-state index in [-0.39, 0.29) is 6.07 Å². The smallest absolute Gasteiger partial charge is 0.323 e. The molecule has 0 unspecified atom stereocenters. The number of nitrogens with two attached hydrogens (primary N) is 1. The van der Waals surface area contributed by atoms with Crippen LogP contribution in [0.2, 0.25) is 0 Å². The van der Waals surface area contributed by atoms with Crippen LogP contribution in [-0.2, 0) is 9.53 Å². The van der Waals surface area contributed by atoms with Crippen LogP contribution in [0.4, 0.5) is 0 Å². The van der Waals surface area contributed by atoms with Gasteiger partial charge in [0.15, 0.2) is 6.07 Å². The SMILES string of the molecule is C[C@@H](N)C(=O)OCCl. The van der Waals surface area contributed by atoms with Crippen molar-refractivity contribution in [1.82, 2.24) is 0 Å². The molecule has 8 heavy (non-hydrogen) atoms. The maximum atomic E-state index is 10.3. The summed E-state index contributed by atoms with van der Waals surface area (Å²) in [6, 6.07) is -0.700. The van der Waals surface area contributed by atoms with Gasteiger partial charge in [-0.2, -0.15) is 0 Å². The van der Waals surface area contributed by atoms with E-state index in [4.69, 9.17) is 17.3 Å². The van der Waals surface area contributed by atoms with Crippen molar-refractivity contribution in [3.05, 3.63) is 0 Å². The van der Waals surface area contributed by atoms with Crippen molar-refractivity contribution in [3.8, 4) is 0 Å². The predicted octanol–water partition coefficient (Wildman–Crippen LogP) is 0.0731. The summed E-state index contributed by atoms with van der Waals surface area (Å²) in [4.78, 5) is 10.3. The highest BCUT2D eigenvalue weighted by atomic mass is 35.5. The minimum atomic E-state index is -0.575. The van der Waals surface area contributed by atoms with Crippen molar-refractivity contribution in [2.75, 3.05) is 6.07 Å². The van der Waals surface area contributed by atoms with Gasteiger partial charge in [-0.15, -0.1) is 0 Å². The number of carbonyl (C=O) groups excluding carboxylic acids is 1. The van der Waals surface area contributed by atoms with Gasteiger partial charge in [0.1, 0.15) is 6.04 Å². The summed E-state index contributed by atoms with van der Waals surface area (Å²) in [5.74, 6) is -0.472. The quantitative estimate of drug-likeness (QED) is 0.433. The third-order valence-electron chi connectivity index (χ3n) is 0.569. The summed E-state index contributed by atoms with van der Waals surface area (Å²) >= 11 is 5.04. The zero-order valence-electron chi connectivity index (χ0n) is 4.56. The number of carbonyl (C=O) groups is 1. The molecule has 0 amide bonds. The number of alkyl halides is 1. The van der Waals surface area contributed by atoms with E-state index in [0.717, 1.165) is 0 Å². The molecular weight excluding hydrogens is 130 g/mol. The van der Waals surface area contributed by atoms with Crippen LogP contribution in [0.25, 0.3) is 0 Å². The molecule has 2 N–H and O–H groups in total. The fourth-order valence-electron chi connectivity index (χ4n) is 0.185. The summed E-state index contributed by atoms with van der Waals surface area (Å²) in [6.45, 7) is 1.54. The second-order valence-electron chi connectivity index (χ2n) is 1.36. The molecule has 0 saturated heterocycles. The molecule has 0 aromatic carbocycles. The monoisotopic (exact) mass is 137 g/mol. The molecule has 3 nitrogen and oxygen atoms in total. The first-order valence-corrected chi connectivity index (χ1v) is 2.70. The van der Waals surface area contributed by atoms with Crippen LogP contribution in [0.1, 0.15) is 6.92 Å². The summed E-state index contributed by atoms with van der Waals surface area (Å²) < 4.78 is 4.30. The minimum absolute atomic E-state index is 0.125. The van der Waals surface area contributed by atoms with Crippen molar-refractivity contribution in [3.63, 3.8) is 0 Å². The molecule has 0 fully saturated rings. The van der Waals surface area contributed by atoms with Crippen molar-refractivity contribution in [2.24, 2.45) is 5.73 Å². The lowest BCUT2D eigenvalue weighted by atomic mass is 10.4. The molecule has 0 heterocycles. The molecule has 0 aliphatic carbocycles.